The number of rotatable bonds is 6. The fraction of sp³-hybridized carbons (Fsp3) is 0.481. The summed E-state index contributed by atoms with van der Waals surface area (Å²) in [5.41, 5.74) is 2.21. The Balaban J connectivity index is 1.24. The van der Waals surface area contributed by atoms with Gasteiger partial charge < -0.3 is 20.0 Å². The highest BCUT2D eigenvalue weighted by molar-refractivity contribution is 5.86. The van der Waals surface area contributed by atoms with Gasteiger partial charge in [-0.05, 0) is 68.4 Å². The van der Waals surface area contributed by atoms with Gasteiger partial charge in [-0.1, -0.05) is 12.6 Å². The van der Waals surface area contributed by atoms with Crippen molar-refractivity contribution in [3.63, 3.8) is 0 Å². The molecule has 7 heteroatoms. The van der Waals surface area contributed by atoms with Gasteiger partial charge in [0.25, 0.3) is 0 Å². The second-order valence-electron chi connectivity index (χ2n) is 9.68. The monoisotopic (exact) mass is 463 g/mol. The predicted molar refractivity (Wildman–Crippen MR) is 135 cm³/mol. The van der Waals surface area contributed by atoms with Crippen molar-refractivity contribution in [3.05, 3.63) is 61.1 Å². The van der Waals surface area contributed by atoms with Crippen LogP contribution in [0.1, 0.15) is 32.1 Å². The molecule has 1 N–H and O–H groups in total. The zero-order valence-electron chi connectivity index (χ0n) is 19.7. The van der Waals surface area contributed by atoms with Crippen molar-refractivity contribution in [1.29, 1.82) is 0 Å². The molecular formula is C27H34FN5O. The Morgan fingerprint density at radius 2 is 1.85 bits per heavy atom. The van der Waals surface area contributed by atoms with E-state index in [1.807, 2.05) is 18.3 Å². The van der Waals surface area contributed by atoms with Gasteiger partial charge in [0.1, 0.15) is 11.6 Å². The summed E-state index contributed by atoms with van der Waals surface area (Å²) >= 11 is 0. The Kier molecular flexibility index (Phi) is 6.70. The highest BCUT2D eigenvalue weighted by Gasteiger charge is 2.41. The highest BCUT2D eigenvalue weighted by Crippen LogP contribution is 2.37. The largest absolute Gasteiger partial charge is 0.371 e. The van der Waals surface area contributed by atoms with E-state index in [1.54, 1.807) is 6.07 Å². The molecule has 0 saturated carbocycles. The Morgan fingerprint density at radius 3 is 2.65 bits per heavy atom. The van der Waals surface area contributed by atoms with E-state index in [4.69, 9.17) is 4.98 Å². The lowest BCUT2D eigenvalue weighted by Crippen LogP contribution is -2.50. The van der Waals surface area contributed by atoms with E-state index in [0.29, 0.717) is 18.0 Å². The average molecular weight is 464 g/mol. The molecule has 2 atom stereocenters. The van der Waals surface area contributed by atoms with Crippen molar-refractivity contribution in [1.82, 2.24) is 10.3 Å². The minimum absolute atomic E-state index is 0.0937. The fourth-order valence-electron chi connectivity index (χ4n) is 5.92. The first-order valence-corrected chi connectivity index (χ1v) is 12.5. The number of hydrogen-bond donors (Lipinski definition) is 1. The minimum atomic E-state index is -0.171. The summed E-state index contributed by atoms with van der Waals surface area (Å²) in [6.07, 6.45) is 8.70. The summed E-state index contributed by atoms with van der Waals surface area (Å²) in [6, 6.07) is 12.2. The Hall–Kier alpha value is -3.09. The van der Waals surface area contributed by atoms with Crippen molar-refractivity contribution in [2.24, 2.45) is 5.92 Å². The van der Waals surface area contributed by atoms with Gasteiger partial charge in [0.15, 0.2) is 0 Å². The molecule has 34 heavy (non-hydrogen) atoms. The molecule has 0 spiro atoms. The van der Waals surface area contributed by atoms with E-state index in [0.717, 1.165) is 76.3 Å². The molecule has 3 fully saturated rings. The zero-order valence-corrected chi connectivity index (χ0v) is 19.7. The fourth-order valence-corrected chi connectivity index (χ4v) is 5.92. The molecule has 3 aliphatic rings. The van der Waals surface area contributed by atoms with Gasteiger partial charge in [0, 0.05) is 56.4 Å². The first kappa shape index (κ1) is 22.7. The molecule has 180 valence electrons. The van der Waals surface area contributed by atoms with Crippen LogP contribution in [0.2, 0.25) is 0 Å². The summed E-state index contributed by atoms with van der Waals surface area (Å²) in [6.45, 7) is 8.16. The molecule has 0 radical (unpaired) electrons. The van der Waals surface area contributed by atoms with Crippen LogP contribution < -0.4 is 20.0 Å². The first-order chi connectivity index (χ1) is 16.6. The smallest absolute Gasteiger partial charge is 0.243 e. The van der Waals surface area contributed by atoms with Crippen molar-refractivity contribution >= 4 is 23.1 Å². The number of pyridine rings is 1. The number of aromatic nitrogens is 1. The number of carbonyl (C=O) groups is 1. The zero-order chi connectivity index (χ0) is 23.5. The van der Waals surface area contributed by atoms with Crippen LogP contribution in [0, 0.1) is 11.7 Å². The maximum Gasteiger partial charge on any atom is 0.243 e. The molecule has 3 saturated heterocycles. The van der Waals surface area contributed by atoms with Crippen LogP contribution >= 0.6 is 0 Å². The van der Waals surface area contributed by atoms with Crippen LogP contribution in [-0.4, -0.2) is 55.7 Å². The van der Waals surface area contributed by atoms with E-state index < -0.39 is 0 Å². The van der Waals surface area contributed by atoms with Gasteiger partial charge in [0.2, 0.25) is 5.91 Å². The maximum absolute atomic E-state index is 13.9. The lowest BCUT2D eigenvalue weighted by atomic mass is 9.95. The number of hydrogen-bond acceptors (Lipinski definition) is 5. The second-order valence-corrected chi connectivity index (χ2v) is 9.68. The Morgan fingerprint density at radius 1 is 1.03 bits per heavy atom. The van der Waals surface area contributed by atoms with E-state index in [9.17, 15) is 9.18 Å². The average Bonchev–Trinajstić information content (AvgIpc) is 3.32. The van der Waals surface area contributed by atoms with Gasteiger partial charge >= 0.3 is 0 Å². The van der Waals surface area contributed by atoms with Gasteiger partial charge in [-0.15, -0.1) is 0 Å². The van der Waals surface area contributed by atoms with Crippen LogP contribution in [-0.2, 0) is 4.79 Å². The van der Waals surface area contributed by atoms with Crippen LogP contribution in [0.5, 0.6) is 0 Å². The minimum Gasteiger partial charge on any atom is -0.371 e. The molecule has 4 heterocycles. The van der Waals surface area contributed by atoms with E-state index in [-0.39, 0.29) is 11.7 Å². The lowest BCUT2D eigenvalue weighted by Gasteiger charge is -2.41. The van der Waals surface area contributed by atoms with Crippen LogP contribution in [0.25, 0.3) is 0 Å². The number of piperidine rings is 2. The molecule has 6 nitrogen and oxygen atoms in total. The summed E-state index contributed by atoms with van der Waals surface area (Å²) in [7, 11) is 0. The highest BCUT2D eigenvalue weighted by atomic mass is 19.1. The van der Waals surface area contributed by atoms with Crippen molar-refractivity contribution in [2.45, 2.75) is 44.2 Å². The number of nitrogens with zero attached hydrogens (tertiary/aromatic N) is 4. The van der Waals surface area contributed by atoms with Gasteiger partial charge in [0.05, 0.1) is 12.1 Å². The number of halogens is 1. The number of benzene rings is 1. The lowest BCUT2D eigenvalue weighted by molar-refractivity contribution is -0.116. The third-order valence-corrected chi connectivity index (χ3v) is 7.70. The normalized spacial score (nSPS) is 23.0. The van der Waals surface area contributed by atoms with Crippen LogP contribution in [0.15, 0.2) is 55.3 Å². The van der Waals surface area contributed by atoms with Crippen LogP contribution in [0.4, 0.5) is 21.6 Å². The summed E-state index contributed by atoms with van der Waals surface area (Å²) in [5, 5.41) is 2.93. The quantitative estimate of drug-likeness (QED) is 0.657. The third kappa shape index (κ3) is 4.74. The number of nitrogens with one attached hydrogen (secondary N) is 1. The van der Waals surface area contributed by atoms with Crippen molar-refractivity contribution < 1.29 is 9.18 Å². The summed E-state index contributed by atoms with van der Waals surface area (Å²) in [5.74, 6) is 1.29. The van der Waals surface area contributed by atoms with Crippen LogP contribution in [0.3, 0.4) is 0 Å². The molecule has 0 aliphatic carbocycles. The maximum atomic E-state index is 13.9. The van der Waals surface area contributed by atoms with Crippen molar-refractivity contribution in [2.75, 3.05) is 47.4 Å². The van der Waals surface area contributed by atoms with E-state index in [1.165, 1.54) is 17.8 Å². The Labute approximate surface area is 201 Å². The second kappa shape index (κ2) is 10.0. The molecule has 3 aliphatic heterocycles. The summed E-state index contributed by atoms with van der Waals surface area (Å²) < 4.78 is 13.9. The molecule has 2 aromatic rings. The van der Waals surface area contributed by atoms with E-state index in [2.05, 4.69) is 38.7 Å². The molecule has 5 rings (SSSR count). The summed E-state index contributed by atoms with van der Waals surface area (Å²) in [4.78, 5) is 23.5. The standard InChI is InChI=1S/C27H34FN5O/c1-2-27(34)30-19-20-9-14-31(15-10-20)22-8-12-29-26(18-22)33-16-11-25-24(33)7-4-13-32(25)23-6-3-5-21(28)17-23/h2-3,5-6,8,12,17-18,20,24-25H,1,4,7,9-11,13-16,19H2,(H,30,34)/t24-,25-/m1/s1. The topological polar surface area (TPSA) is 51.7 Å². The van der Waals surface area contributed by atoms with Crippen molar-refractivity contribution in [3.8, 4) is 0 Å². The molecule has 1 aromatic heterocycles. The number of fused-ring (bicyclic) bond motifs is 1. The van der Waals surface area contributed by atoms with Gasteiger partial charge in [-0.25, -0.2) is 9.37 Å². The molecule has 1 amide bonds. The molecular weight excluding hydrogens is 429 g/mol. The molecule has 0 bridgehead atoms. The predicted octanol–water partition coefficient (Wildman–Crippen LogP) is 3.99. The molecule has 0 unspecified atom stereocenters. The van der Waals surface area contributed by atoms with Gasteiger partial charge in [-0.2, -0.15) is 0 Å². The first-order valence-electron chi connectivity index (χ1n) is 12.5. The van der Waals surface area contributed by atoms with E-state index >= 15 is 0 Å². The van der Waals surface area contributed by atoms with Gasteiger partial charge in [-0.3, -0.25) is 4.79 Å². The molecule has 1 aromatic carbocycles. The third-order valence-electron chi connectivity index (χ3n) is 7.70. The number of anilines is 3. The SMILES string of the molecule is C=CC(=O)NCC1CCN(c2ccnc(N3CC[C@@H]4[C@H]3CCCN4c3cccc(F)c3)c2)CC1. The number of amides is 1. The number of carbonyl (C=O) groups excluding carboxylic acids is 1. The Bertz CT molecular complexity index is 1020.